The second-order valence-electron chi connectivity index (χ2n) is 7.60. The van der Waals surface area contributed by atoms with Crippen LogP contribution in [0.25, 0.3) is 27.7 Å². The summed E-state index contributed by atoms with van der Waals surface area (Å²) in [6.07, 6.45) is 1.56. The maximum absolute atomic E-state index is 13.7. The summed E-state index contributed by atoms with van der Waals surface area (Å²) in [4.78, 5) is 30.8. The van der Waals surface area contributed by atoms with Gasteiger partial charge >= 0.3 is 5.97 Å². The highest BCUT2D eigenvalue weighted by Gasteiger charge is 2.23. The van der Waals surface area contributed by atoms with Crippen molar-refractivity contribution in [3.05, 3.63) is 88.0 Å². The van der Waals surface area contributed by atoms with Crippen molar-refractivity contribution < 1.29 is 17.9 Å². The van der Waals surface area contributed by atoms with E-state index in [0.717, 1.165) is 5.56 Å². The van der Waals surface area contributed by atoms with Crippen molar-refractivity contribution in [1.82, 2.24) is 9.55 Å². The van der Waals surface area contributed by atoms with Crippen LogP contribution in [0.4, 0.5) is 0 Å². The molecule has 0 fully saturated rings. The minimum atomic E-state index is -3.87. The minimum absolute atomic E-state index is 0.0641. The van der Waals surface area contributed by atoms with Gasteiger partial charge in [-0.05, 0) is 49.7 Å². The van der Waals surface area contributed by atoms with Gasteiger partial charge in [0.15, 0.2) is 0 Å². The van der Waals surface area contributed by atoms with Crippen molar-refractivity contribution in [2.24, 2.45) is 5.14 Å². The lowest BCUT2D eigenvalue weighted by molar-refractivity contribution is 0.0600. The van der Waals surface area contributed by atoms with Crippen molar-refractivity contribution in [3.8, 4) is 16.8 Å². The van der Waals surface area contributed by atoms with Crippen LogP contribution in [-0.4, -0.2) is 31.0 Å². The number of primary sulfonamides is 1. The largest absolute Gasteiger partial charge is 0.465 e. The number of benzene rings is 2. The Balaban J connectivity index is 2.08. The number of fused-ring (bicyclic) bond motifs is 1. The van der Waals surface area contributed by atoms with Gasteiger partial charge in [-0.15, -0.1) is 0 Å². The molecule has 0 aliphatic carbocycles. The molecule has 4 rings (SSSR count). The molecule has 0 bridgehead atoms. The highest BCUT2D eigenvalue weighted by atomic mass is 32.2. The number of hydrogen-bond donors (Lipinski definition) is 1. The van der Waals surface area contributed by atoms with Crippen molar-refractivity contribution in [3.63, 3.8) is 0 Å². The number of sulfonamides is 1. The fourth-order valence-electron chi connectivity index (χ4n) is 3.84. The van der Waals surface area contributed by atoms with Gasteiger partial charge in [-0.1, -0.05) is 29.8 Å². The SMILES string of the molecule is COC(=O)c1c(C)nc2ccn(-c3ccc(S(N)(=O)=O)cc3)c(=O)c2c1-c1cccc(C)c1. The van der Waals surface area contributed by atoms with Crippen LogP contribution in [0.1, 0.15) is 21.6 Å². The third-order valence-corrected chi connectivity index (χ3v) is 6.29. The van der Waals surface area contributed by atoms with Crippen LogP contribution in [0.2, 0.25) is 0 Å². The van der Waals surface area contributed by atoms with Crippen LogP contribution in [0.15, 0.2) is 70.5 Å². The first-order chi connectivity index (χ1) is 15.6. The summed E-state index contributed by atoms with van der Waals surface area (Å²) in [5.74, 6) is -0.592. The van der Waals surface area contributed by atoms with Crippen molar-refractivity contribution in [2.45, 2.75) is 18.7 Å². The number of nitrogens with zero attached hydrogens (tertiary/aromatic N) is 2. The zero-order chi connectivity index (χ0) is 23.9. The van der Waals surface area contributed by atoms with E-state index in [1.165, 1.54) is 35.9 Å². The molecular formula is C24H21N3O5S. The second kappa shape index (κ2) is 8.27. The number of nitrogens with two attached hydrogens (primary N) is 1. The number of rotatable bonds is 4. The molecule has 2 aromatic carbocycles. The number of methoxy groups -OCH3 is 1. The van der Waals surface area contributed by atoms with Gasteiger partial charge in [0.25, 0.3) is 5.56 Å². The quantitative estimate of drug-likeness (QED) is 0.464. The molecule has 33 heavy (non-hydrogen) atoms. The maximum Gasteiger partial charge on any atom is 0.340 e. The molecule has 2 heterocycles. The number of carbonyl (C=O) groups is 1. The van der Waals surface area contributed by atoms with E-state index in [9.17, 15) is 18.0 Å². The molecule has 2 N–H and O–H groups in total. The highest BCUT2D eigenvalue weighted by Crippen LogP contribution is 2.32. The molecular weight excluding hydrogens is 442 g/mol. The van der Waals surface area contributed by atoms with E-state index >= 15 is 0 Å². The Hall–Kier alpha value is -3.82. The van der Waals surface area contributed by atoms with E-state index < -0.39 is 21.6 Å². The standard InChI is InChI=1S/C24H21N3O5S/c1-14-5-4-6-16(13-14)21-20(24(29)32-3)15(2)26-19-11-12-27(23(28)22(19)21)17-7-9-18(10-8-17)33(25,30)31/h4-13H,1-3H3,(H2,25,30,31). The second-order valence-corrected chi connectivity index (χ2v) is 9.16. The normalized spacial score (nSPS) is 11.5. The van der Waals surface area contributed by atoms with Crippen LogP contribution in [0.3, 0.4) is 0 Å². The summed E-state index contributed by atoms with van der Waals surface area (Å²) < 4.78 is 29.5. The van der Waals surface area contributed by atoms with Crippen molar-refractivity contribution >= 4 is 26.9 Å². The Bertz CT molecular complexity index is 1570. The molecule has 0 spiro atoms. The predicted molar refractivity (Wildman–Crippen MR) is 125 cm³/mol. The fraction of sp³-hybridized carbons (Fsp3) is 0.125. The monoisotopic (exact) mass is 463 g/mol. The van der Waals surface area contributed by atoms with E-state index in [1.807, 2.05) is 31.2 Å². The summed E-state index contributed by atoms with van der Waals surface area (Å²) in [6, 6.07) is 14.8. The van der Waals surface area contributed by atoms with E-state index in [1.54, 1.807) is 19.2 Å². The van der Waals surface area contributed by atoms with Crippen LogP contribution in [0.5, 0.6) is 0 Å². The number of hydrogen-bond acceptors (Lipinski definition) is 6. The smallest absolute Gasteiger partial charge is 0.340 e. The zero-order valence-electron chi connectivity index (χ0n) is 18.2. The number of pyridine rings is 2. The number of aromatic nitrogens is 2. The lowest BCUT2D eigenvalue weighted by Crippen LogP contribution is -2.21. The van der Waals surface area contributed by atoms with Gasteiger partial charge in [0, 0.05) is 17.4 Å². The first kappa shape index (κ1) is 22.4. The van der Waals surface area contributed by atoms with Crippen LogP contribution < -0.4 is 10.7 Å². The van der Waals surface area contributed by atoms with Gasteiger partial charge in [0.05, 0.1) is 34.2 Å². The van der Waals surface area contributed by atoms with E-state index in [-0.39, 0.29) is 15.8 Å². The molecule has 0 unspecified atom stereocenters. The molecule has 0 radical (unpaired) electrons. The van der Waals surface area contributed by atoms with Crippen LogP contribution in [-0.2, 0) is 14.8 Å². The van der Waals surface area contributed by atoms with Gasteiger partial charge in [-0.3, -0.25) is 14.3 Å². The summed E-state index contributed by atoms with van der Waals surface area (Å²) in [5.41, 5.74) is 3.20. The molecule has 0 saturated heterocycles. The van der Waals surface area contributed by atoms with Gasteiger partial charge in [0.1, 0.15) is 0 Å². The van der Waals surface area contributed by atoms with Gasteiger partial charge < -0.3 is 4.74 Å². The van der Waals surface area contributed by atoms with Gasteiger partial charge in [0.2, 0.25) is 10.0 Å². The Kier molecular flexibility index (Phi) is 5.61. The van der Waals surface area contributed by atoms with Crippen LogP contribution in [0, 0.1) is 13.8 Å². The van der Waals surface area contributed by atoms with Gasteiger partial charge in [-0.25, -0.2) is 18.4 Å². The Morgan fingerprint density at radius 3 is 2.36 bits per heavy atom. The first-order valence-electron chi connectivity index (χ1n) is 9.96. The van der Waals surface area contributed by atoms with E-state index in [0.29, 0.717) is 28.0 Å². The molecule has 9 heteroatoms. The van der Waals surface area contributed by atoms with Crippen molar-refractivity contribution in [2.75, 3.05) is 7.11 Å². The minimum Gasteiger partial charge on any atom is -0.465 e. The summed E-state index contributed by atoms with van der Waals surface area (Å²) in [5, 5.41) is 5.42. The topological polar surface area (TPSA) is 121 Å². The summed E-state index contributed by atoms with van der Waals surface area (Å²) >= 11 is 0. The molecule has 0 aliphatic rings. The van der Waals surface area contributed by atoms with Crippen LogP contribution >= 0.6 is 0 Å². The molecule has 168 valence electrons. The number of carbonyl (C=O) groups excluding carboxylic acids is 1. The maximum atomic E-state index is 13.7. The molecule has 0 atom stereocenters. The van der Waals surface area contributed by atoms with E-state index in [4.69, 9.17) is 9.88 Å². The molecule has 0 saturated carbocycles. The van der Waals surface area contributed by atoms with Crippen molar-refractivity contribution in [1.29, 1.82) is 0 Å². The highest BCUT2D eigenvalue weighted by molar-refractivity contribution is 7.89. The molecule has 0 aliphatic heterocycles. The third-order valence-electron chi connectivity index (χ3n) is 5.36. The number of esters is 1. The summed E-state index contributed by atoms with van der Waals surface area (Å²) in [6.45, 7) is 3.62. The zero-order valence-corrected chi connectivity index (χ0v) is 19.0. The Morgan fingerprint density at radius 1 is 1.06 bits per heavy atom. The van der Waals surface area contributed by atoms with Gasteiger partial charge in [-0.2, -0.15) is 0 Å². The average Bonchev–Trinajstić information content (AvgIpc) is 2.77. The number of aryl methyl sites for hydroxylation is 2. The first-order valence-corrected chi connectivity index (χ1v) is 11.5. The average molecular weight is 464 g/mol. The molecule has 8 nitrogen and oxygen atoms in total. The number of ether oxygens (including phenoxy) is 1. The third kappa shape index (κ3) is 4.04. The molecule has 4 aromatic rings. The summed E-state index contributed by atoms with van der Waals surface area (Å²) in [7, 11) is -2.58. The van der Waals surface area contributed by atoms with E-state index in [2.05, 4.69) is 4.98 Å². The Labute approximate surface area is 190 Å². The predicted octanol–water partition coefficient (Wildman–Crippen LogP) is 3.10. The molecule has 2 aromatic heterocycles. The fourth-order valence-corrected chi connectivity index (χ4v) is 4.35. The lowest BCUT2D eigenvalue weighted by Gasteiger charge is -2.16. The molecule has 0 amide bonds. The Morgan fingerprint density at radius 2 is 1.76 bits per heavy atom. The lowest BCUT2D eigenvalue weighted by atomic mass is 9.94.